The lowest BCUT2D eigenvalue weighted by atomic mass is 10.2. The molecule has 0 aromatic heterocycles. The summed E-state index contributed by atoms with van der Waals surface area (Å²) in [6.07, 6.45) is 5.78. The Bertz CT molecular complexity index is 679. The van der Waals surface area contributed by atoms with E-state index in [4.69, 9.17) is 0 Å². The average molecular weight is 324 g/mol. The molecule has 120 valence electrons. The first-order valence-electron chi connectivity index (χ1n) is 7.58. The number of nitro benzene ring substituents is 1. The molecular formula is C15H20N2O4S. The summed E-state index contributed by atoms with van der Waals surface area (Å²) < 4.78 is 23.3. The molecule has 0 unspecified atom stereocenters. The van der Waals surface area contributed by atoms with Gasteiger partial charge in [0, 0.05) is 25.4 Å². The molecule has 0 radical (unpaired) electrons. The van der Waals surface area contributed by atoms with Crippen LogP contribution in [0.15, 0.2) is 23.1 Å². The lowest BCUT2D eigenvalue weighted by Crippen LogP contribution is -2.28. The maximum Gasteiger partial charge on any atom is 0.293 e. The van der Waals surface area contributed by atoms with Crippen LogP contribution in [0.3, 0.4) is 0 Å². The maximum absolute atomic E-state index is 11.6. The van der Waals surface area contributed by atoms with E-state index < -0.39 is 14.8 Å². The molecule has 0 saturated heterocycles. The van der Waals surface area contributed by atoms with Crippen LogP contribution in [0.5, 0.6) is 0 Å². The van der Waals surface area contributed by atoms with Gasteiger partial charge in [0.15, 0.2) is 9.84 Å². The van der Waals surface area contributed by atoms with Crippen LogP contribution >= 0.6 is 0 Å². The van der Waals surface area contributed by atoms with Gasteiger partial charge < -0.3 is 4.90 Å². The molecule has 0 heterocycles. The smallest absolute Gasteiger partial charge is 0.293 e. The summed E-state index contributed by atoms with van der Waals surface area (Å²) in [5.41, 5.74) is 0.445. The molecule has 0 N–H and O–H groups in total. The quantitative estimate of drug-likeness (QED) is 0.569. The van der Waals surface area contributed by atoms with Gasteiger partial charge in [-0.05, 0) is 49.7 Å². The Kier molecular flexibility index (Phi) is 3.84. The van der Waals surface area contributed by atoms with Crippen molar-refractivity contribution in [2.24, 2.45) is 11.8 Å². The fraction of sp³-hybridized carbons (Fsp3) is 0.600. The van der Waals surface area contributed by atoms with E-state index in [1.807, 2.05) is 0 Å². The van der Waals surface area contributed by atoms with Crippen molar-refractivity contribution in [2.45, 2.75) is 30.6 Å². The van der Waals surface area contributed by atoms with Crippen molar-refractivity contribution in [1.29, 1.82) is 0 Å². The second-order valence-corrected chi connectivity index (χ2v) is 8.49. The lowest BCUT2D eigenvalue weighted by Gasteiger charge is -2.24. The minimum absolute atomic E-state index is 0.000689. The molecule has 0 aliphatic heterocycles. The molecule has 0 atom stereocenters. The summed E-state index contributed by atoms with van der Waals surface area (Å²) in [4.78, 5) is 13.0. The topological polar surface area (TPSA) is 80.5 Å². The van der Waals surface area contributed by atoms with Crippen molar-refractivity contribution in [3.63, 3.8) is 0 Å². The summed E-state index contributed by atoms with van der Waals surface area (Å²) in [7, 11) is -3.45. The summed E-state index contributed by atoms with van der Waals surface area (Å²) >= 11 is 0. The van der Waals surface area contributed by atoms with Gasteiger partial charge in [-0.2, -0.15) is 0 Å². The van der Waals surface area contributed by atoms with E-state index in [-0.39, 0.29) is 10.6 Å². The number of rotatable bonds is 7. The molecule has 0 amide bonds. The minimum atomic E-state index is -3.45. The molecule has 0 spiro atoms. The Hall–Kier alpha value is -1.63. The van der Waals surface area contributed by atoms with Gasteiger partial charge in [-0.3, -0.25) is 10.1 Å². The van der Waals surface area contributed by atoms with E-state index in [0.717, 1.165) is 19.3 Å². The third-order valence-electron chi connectivity index (χ3n) is 4.26. The molecular weight excluding hydrogens is 304 g/mol. The van der Waals surface area contributed by atoms with Crippen LogP contribution in [0.25, 0.3) is 0 Å². The van der Waals surface area contributed by atoms with Crippen molar-refractivity contribution in [2.75, 3.05) is 24.2 Å². The Morgan fingerprint density at radius 1 is 1.18 bits per heavy atom. The molecule has 3 rings (SSSR count). The molecule has 2 fully saturated rings. The highest BCUT2D eigenvalue weighted by Gasteiger charge is 2.32. The molecule has 2 saturated carbocycles. The zero-order valence-electron chi connectivity index (χ0n) is 12.6. The fourth-order valence-corrected chi connectivity index (χ4v) is 3.28. The third-order valence-corrected chi connectivity index (χ3v) is 5.37. The average Bonchev–Trinajstić information content (AvgIpc) is 3.31. The van der Waals surface area contributed by atoms with Gasteiger partial charge in [0.1, 0.15) is 5.69 Å². The van der Waals surface area contributed by atoms with E-state index >= 15 is 0 Å². The SMILES string of the molecule is CS(=O)(=O)c1ccc(N(CC2CC2)CC2CC2)c([N+](=O)[O-])c1. The second kappa shape index (κ2) is 5.53. The molecule has 7 heteroatoms. The van der Waals surface area contributed by atoms with Crippen LogP contribution in [0, 0.1) is 22.0 Å². The first kappa shape index (κ1) is 15.3. The largest absolute Gasteiger partial charge is 0.365 e. The highest BCUT2D eigenvalue weighted by molar-refractivity contribution is 7.90. The zero-order chi connectivity index (χ0) is 15.9. The van der Waals surface area contributed by atoms with Gasteiger partial charge in [-0.1, -0.05) is 0 Å². The molecule has 1 aromatic rings. The van der Waals surface area contributed by atoms with E-state index in [2.05, 4.69) is 4.90 Å². The number of anilines is 1. The first-order valence-corrected chi connectivity index (χ1v) is 9.47. The Morgan fingerprint density at radius 2 is 1.73 bits per heavy atom. The lowest BCUT2D eigenvalue weighted by molar-refractivity contribution is -0.384. The summed E-state index contributed by atoms with van der Waals surface area (Å²) in [6.45, 7) is 1.66. The zero-order valence-corrected chi connectivity index (χ0v) is 13.4. The van der Waals surface area contributed by atoms with Gasteiger partial charge in [-0.25, -0.2) is 8.42 Å². The highest BCUT2D eigenvalue weighted by Crippen LogP contribution is 2.39. The van der Waals surface area contributed by atoms with Gasteiger partial charge in [0.25, 0.3) is 5.69 Å². The molecule has 1 aromatic carbocycles. The molecule has 0 bridgehead atoms. The van der Waals surface area contributed by atoms with E-state index in [1.54, 1.807) is 6.07 Å². The molecule has 2 aliphatic carbocycles. The normalized spacial score (nSPS) is 18.2. The molecule has 2 aliphatic rings. The Balaban J connectivity index is 1.96. The monoisotopic (exact) mass is 324 g/mol. The Labute approximate surface area is 130 Å². The molecule has 22 heavy (non-hydrogen) atoms. The molecule has 6 nitrogen and oxygen atoms in total. The summed E-state index contributed by atoms with van der Waals surface area (Å²) in [6, 6.07) is 4.27. The third kappa shape index (κ3) is 3.58. The van der Waals surface area contributed by atoms with Crippen LogP contribution in [-0.4, -0.2) is 32.7 Å². The van der Waals surface area contributed by atoms with Gasteiger partial charge >= 0.3 is 0 Å². The summed E-state index contributed by atoms with van der Waals surface area (Å²) in [5, 5.41) is 11.4. The number of hydrogen-bond acceptors (Lipinski definition) is 5. The van der Waals surface area contributed by atoms with E-state index in [9.17, 15) is 18.5 Å². The number of sulfone groups is 1. The van der Waals surface area contributed by atoms with Crippen LogP contribution in [0.1, 0.15) is 25.7 Å². The number of hydrogen-bond donors (Lipinski definition) is 0. The second-order valence-electron chi connectivity index (χ2n) is 6.47. The van der Waals surface area contributed by atoms with Crippen molar-refractivity contribution >= 4 is 21.2 Å². The van der Waals surface area contributed by atoms with Crippen molar-refractivity contribution in [1.82, 2.24) is 0 Å². The van der Waals surface area contributed by atoms with Crippen LogP contribution < -0.4 is 4.90 Å². The van der Waals surface area contributed by atoms with Gasteiger partial charge in [-0.15, -0.1) is 0 Å². The van der Waals surface area contributed by atoms with E-state index in [0.29, 0.717) is 17.5 Å². The van der Waals surface area contributed by atoms with E-state index in [1.165, 1.54) is 37.8 Å². The number of nitrogens with zero attached hydrogens (tertiary/aromatic N) is 2. The van der Waals surface area contributed by atoms with Gasteiger partial charge in [0.05, 0.1) is 9.82 Å². The standard InChI is InChI=1S/C15H20N2O4S/c1-22(20,21)13-6-7-14(15(8-13)17(18)19)16(9-11-2-3-11)10-12-4-5-12/h6-8,11-12H,2-5,9-10H2,1H3. The van der Waals surface area contributed by atoms with Crippen LogP contribution in [0.4, 0.5) is 11.4 Å². The highest BCUT2D eigenvalue weighted by atomic mass is 32.2. The van der Waals surface area contributed by atoms with Crippen molar-refractivity contribution in [3.8, 4) is 0 Å². The predicted molar refractivity (Wildman–Crippen MR) is 83.9 cm³/mol. The maximum atomic E-state index is 11.6. The fourth-order valence-electron chi connectivity index (χ4n) is 2.64. The first-order chi connectivity index (χ1) is 10.3. The predicted octanol–water partition coefficient (Wildman–Crippen LogP) is 2.62. The minimum Gasteiger partial charge on any atom is -0.365 e. The number of nitro groups is 1. The van der Waals surface area contributed by atoms with Gasteiger partial charge in [0.2, 0.25) is 0 Å². The van der Waals surface area contributed by atoms with Crippen LogP contribution in [-0.2, 0) is 9.84 Å². The number of benzene rings is 1. The summed E-state index contributed by atoms with van der Waals surface area (Å²) in [5.74, 6) is 1.24. The van der Waals surface area contributed by atoms with Crippen molar-refractivity contribution in [3.05, 3.63) is 28.3 Å². The van der Waals surface area contributed by atoms with Crippen LogP contribution in [0.2, 0.25) is 0 Å². The Morgan fingerprint density at radius 3 is 2.14 bits per heavy atom. The van der Waals surface area contributed by atoms with Crippen molar-refractivity contribution < 1.29 is 13.3 Å².